The SMILES string of the molecule is NCCCN1CCN(CCN2CCOCC2)C1=O. The molecule has 104 valence electrons. The number of amides is 2. The third-order valence-electron chi connectivity index (χ3n) is 3.60. The molecule has 2 aliphatic rings. The van der Waals surface area contributed by atoms with Gasteiger partial charge in [0.15, 0.2) is 0 Å². The molecule has 0 bridgehead atoms. The molecule has 0 unspecified atom stereocenters. The smallest absolute Gasteiger partial charge is 0.320 e. The second-order valence-corrected chi connectivity index (χ2v) is 4.85. The molecular formula is C12H24N4O2. The molecule has 2 saturated heterocycles. The monoisotopic (exact) mass is 256 g/mol. The Morgan fingerprint density at radius 3 is 2.33 bits per heavy atom. The lowest BCUT2D eigenvalue weighted by molar-refractivity contribution is 0.0355. The molecular weight excluding hydrogens is 232 g/mol. The normalized spacial score (nSPS) is 21.9. The Labute approximate surface area is 109 Å². The van der Waals surface area contributed by atoms with Crippen LogP contribution in [0.3, 0.4) is 0 Å². The van der Waals surface area contributed by atoms with E-state index in [1.165, 1.54) is 0 Å². The maximum Gasteiger partial charge on any atom is 0.320 e. The Kier molecular flexibility index (Phi) is 5.22. The van der Waals surface area contributed by atoms with Gasteiger partial charge < -0.3 is 20.3 Å². The number of rotatable bonds is 6. The molecule has 0 aromatic carbocycles. The molecule has 2 heterocycles. The first-order valence-electron chi connectivity index (χ1n) is 6.85. The number of urea groups is 1. The van der Waals surface area contributed by atoms with Crippen LogP contribution in [-0.4, -0.2) is 86.3 Å². The lowest BCUT2D eigenvalue weighted by atomic mass is 10.4. The van der Waals surface area contributed by atoms with Crippen LogP contribution in [0.25, 0.3) is 0 Å². The summed E-state index contributed by atoms with van der Waals surface area (Å²) < 4.78 is 5.31. The summed E-state index contributed by atoms with van der Waals surface area (Å²) in [4.78, 5) is 18.3. The highest BCUT2D eigenvalue weighted by molar-refractivity contribution is 5.76. The number of hydrogen-bond donors (Lipinski definition) is 1. The Morgan fingerprint density at radius 1 is 1.00 bits per heavy atom. The van der Waals surface area contributed by atoms with Crippen LogP contribution in [0.15, 0.2) is 0 Å². The van der Waals surface area contributed by atoms with E-state index in [4.69, 9.17) is 10.5 Å². The van der Waals surface area contributed by atoms with E-state index in [0.29, 0.717) is 6.54 Å². The Balaban J connectivity index is 1.68. The number of carbonyl (C=O) groups excluding carboxylic acids is 1. The highest BCUT2D eigenvalue weighted by Gasteiger charge is 2.27. The number of carbonyl (C=O) groups is 1. The lowest BCUT2D eigenvalue weighted by Gasteiger charge is -2.28. The fourth-order valence-corrected chi connectivity index (χ4v) is 2.42. The van der Waals surface area contributed by atoms with Crippen LogP contribution in [-0.2, 0) is 4.74 Å². The van der Waals surface area contributed by atoms with Gasteiger partial charge in [-0.15, -0.1) is 0 Å². The largest absolute Gasteiger partial charge is 0.379 e. The summed E-state index contributed by atoms with van der Waals surface area (Å²) in [5.41, 5.74) is 5.47. The van der Waals surface area contributed by atoms with Crippen molar-refractivity contribution in [3.8, 4) is 0 Å². The summed E-state index contributed by atoms with van der Waals surface area (Å²) in [5, 5.41) is 0. The highest BCUT2D eigenvalue weighted by atomic mass is 16.5. The molecule has 0 atom stereocenters. The van der Waals surface area contributed by atoms with Gasteiger partial charge in [0.25, 0.3) is 0 Å². The minimum absolute atomic E-state index is 0.178. The van der Waals surface area contributed by atoms with Gasteiger partial charge in [0, 0.05) is 45.8 Å². The second kappa shape index (κ2) is 6.92. The Hall–Kier alpha value is -0.850. The lowest BCUT2D eigenvalue weighted by Crippen LogP contribution is -2.42. The third-order valence-corrected chi connectivity index (χ3v) is 3.60. The van der Waals surface area contributed by atoms with Crippen LogP contribution in [0.1, 0.15) is 6.42 Å². The van der Waals surface area contributed by atoms with Gasteiger partial charge in [0.1, 0.15) is 0 Å². The summed E-state index contributed by atoms with van der Waals surface area (Å²) in [5.74, 6) is 0. The standard InChI is InChI=1S/C12H24N4O2/c13-2-1-3-15-6-7-16(12(15)17)5-4-14-8-10-18-11-9-14/h1-11,13H2. The average Bonchev–Trinajstić information content (AvgIpc) is 2.76. The number of nitrogens with two attached hydrogens (primary N) is 1. The van der Waals surface area contributed by atoms with E-state index >= 15 is 0 Å². The summed E-state index contributed by atoms with van der Waals surface area (Å²) in [7, 11) is 0. The molecule has 0 saturated carbocycles. The van der Waals surface area contributed by atoms with Crippen LogP contribution in [0.4, 0.5) is 4.79 Å². The summed E-state index contributed by atoms with van der Waals surface area (Å²) in [6.45, 7) is 8.54. The van der Waals surface area contributed by atoms with Gasteiger partial charge in [-0.05, 0) is 13.0 Å². The average molecular weight is 256 g/mol. The van der Waals surface area contributed by atoms with E-state index in [1.807, 2.05) is 9.80 Å². The summed E-state index contributed by atoms with van der Waals surface area (Å²) >= 11 is 0. The third kappa shape index (κ3) is 3.57. The minimum Gasteiger partial charge on any atom is -0.379 e. The van der Waals surface area contributed by atoms with Crippen LogP contribution in [0, 0.1) is 0 Å². The number of ether oxygens (including phenoxy) is 1. The predicted molar refractivity (Wildman–Crippen MR) is 69.5 cm³/mol. The van der Waals surface area contributed by atoms with Gasteiger partial charge in [0.2, 0.25) is 0 Å². The number of morpholine rings is 1. The minimum atomic E-state index is 0.178. The Bertz CT molecular complexity index is 269. The zero-order chi connectivity index (χ0) is 12.8. The van der Waals surface area contributed by atoms with Crippen LogP contribution < -0.4 is 5.73 Å². The van der Waals surface area contributed by atoms with Gasteiger partial charge in [0.05, 0.1) is 13.2 Å². The zero-order valence-electron chi connectivity index (χ0n) is 11.0. The van der Waals surface area contributed by atoms with Crippen LogP contribution >= 0.6 is 0 Å². The molecule has 6 heteroatoms. The fourth-order valence-electron chi connectivity index (χ4n) is 2.42. The molecule has 0 radical (unpaired) electrons. The number of nitrogens with zero attached hydrogens (tertiary/aromatic N) is 3. The van der Waals surface area contributed by atoms with Crippen molar-refractivity contribution in [1.29, 1.82) is 0 Å². The van der Waals surface area contributed by atoms with E-state index in [0.717, 1.165) is 65.4 Å². The molecule has 0 aromatic heterocycles. The molecule has 0 spiro atoms. The van der Waals surface area contributed by atoms with E-state index in [9.17, 15) is 4.79 Å². The second-order valence-electron chi connectivity index (χ2n) is 4.85. The molecule has 0 aliphatic carbocycles. The van der Waals surface area contributed by atoms with Crippen LogP contribution in [0.5, 0.6) is 0 Å². The van der Waals surface area contributed by atoms with Crippen molar-refractivity contribution in [2.45, 2.75) is 6.42 Å². The molecule has 0 aromatic rings. The van der Waals surface area contributed by atoms with Gasteiger partial charge in [-0.25, -0.2) is 4.79 Å². The van der Waals surface area contributed by atoms with E-state index in [-0.39, 0.29) is 6.03 Å². The van der Waals surface area contributed by atoms with E-state index in [1.54, 1.807) is 0 Å². The topological polar surface area (TPSA) is 62.0 Å². The van der Waals surface area contributed by atoms with Gasteiger partial charge >= 0.3 is 6.03 Å². The first kappa shape index (κ1) is 13.6. The first-order valence-corrected chi connectivity index (χ1v) is 6.85. The van der Waals surface area contributed by atoms with Crippen molar-refractivity contribution in [3.05, 3.63) is 0 Å². The molecule has 2 rings (SSSR count). The molecule has 2 fully saturated rings. The van der Waals surface area contributed by atoms with Crippen molar-refractivity contribution in [3.63, 3.8) is 0 Å². The summed E-state index contributed by atoms with van der Waals surface area (Å²) in [6.07, 6.45) is 0.892. The van der Waals surface area contributed by atoms with Crippen molar-refractivity contribution in [1.82, 2.24) is 14.7 Å². The van der Waals surface area contributed by atoms with Crippen LogP contribution in [0.2, 0.25) is 0 Å². The molecule has 2 amide bonds. The molecule has 18 heavy (non-hydrogen) atoms. The van der Waals surface area contributed by atoms with E-state index in [2.05, 4.69) is 4.90 Å². The molecule has 2 aliphatic heterocycles. The first-order chi connectivity index (χ1) is 8.81. The van der Waals surface area contributed by atoms with Crippen molar-refractivity contribution in [2.24, 2.45) is 5.73 Å². The van der Waals surface area contributed by atoms with Crippen molar-refractivity contribution in [2.75, 3.05) is 65.6 Å². The van der Waals surface area contributed by atoms with Gasteiger partial charge in [-0.1, -0.05) is 0 Å². The van der Waals surface area contributed by atoms with Gasteiger partial charge in [-0.3, -0.25) is 4.90 Å². The Morgan fingerprint density at radius 2 is 1.67 bits per heavy atom. The highest BCUT2D eigenvalue weighted by Crippen LogP contribution is 2.09. The van der Waals surface area contributed by atoms with E-state index < -0.39 is 0 Å². The summed E-state index contributed by atoms with van der Waals surface area (Å²) in [6, 6.07) is 0.178. The van der Waals surface area contributed by atoms with Crippen molar-refractivity contribution >= 4 is 6.03 Å². The number of hydrogen-bond acceptors (Lipinski definition) is 4. The zero-order valence-corrected chi connectivity index (χ0v) is 11.0. The quantitative estimate of drug-likeness (QED) is 0.690. The van der Waals surface area contributed by atoms with Gasteiger partial charge in [-0.2, -0.15) is 0 Å². The predicted octanol–water partition coefficient (Wildman–Crippen LogP) is -0.595. The van der Waals surface area contributed by atoms with Crippen molar-refractivity contribution < 1.29 is 9.53 Å². The molecule has 2 N–H and O–H groups in total. The molecule has 6 nitrogen and oxygen atoms in total. The maximum atomic E-state index is 12.1. The maximum absolute atomic E-state index is 12.1. The fraction of sp³-hybridized carbons (Fsp3) is 0.917.